The van der Waals surface area contributed by atoms with Crippen LogP contribution in [0.2, 0.25) is 0 Å². The Labute approximate surface area is 118 Å². The Hall–Kier alpha value is -1.14. The normalized spacial score (nSPS) is 19.4. The quantitative estimate of drug-likeness (QED) is 0.597. The molecule has 0 saturated carbocycles. The second-order valence-corrected chi connectivity index (χ2v) is 5.64. The summed E-state index contributed by atoms with van der Waals surface area (Å²) < 4.78 is 5.34. The lowest BCUT2D eigenvalue weighted by Crippen LogP contribution is -2.57. The summed E-state index contributed by atoms with van der Waals surface area (Å²) in [6.07, 6.45) is 0.758. The van der Waals surface area contributed by atoms with E-state index in [9.17, 15) is 20.4 Å². The molecule has 0 saturated heterocycles. The highest BCUT2D eigenvalue weighted by molar-refractivity contribution is 5.44. The number of fused-ring (bicyclic) bond motifs is 1. The minimum absolute atomic E-state index is 0.290. The van der Waals surface area contributed by atoms with E-state index in [1.165, 1.54) is 0 Å². The van der Waals surface area contributed by atoms with Gasteiger partial charge in [0.2, 0.25) is 0 Å². The summed E-state index contributed by atoms with van der Waals surface area (Å²) in [5.74, 6) is 0.707. The first-order valence-corrected chi connectivity index (χ1v) is 6.70. The van der Waals surface area contributed by atoms with Gasteiger partial charge in [-0.2, -0.15) is 0 Å². The molecule has 0 heterocycles. The fourth-order valence-corrected chi connectivity index (χ4v) is 3.24. The number of hydrogen-bond acceptors (Lipinski definition) is 5. The van der Waals surface area contributed by atoms with Crippen molar-refractivity contribution < 1.29 is 25.2 Å². The summed E-state index contributed by atoms with van der Waals surface area (Å²) in [7, 11) is 1.58. The largest absolute Gasteiger partial charge is 0.496 e. The van der Waals surface area contributed by atoms with Gasteiger partial charge in [0.15, 0.2) is 0 Å². The van der Waals surface area contributed by atoms with Gasteiger partial charge in [-0.25, -0.2) is 0 Å². The van der Waals surface area contributed by atoms with Crippen LogP contribution in [0, 0.1) is 10.8 Å². The molecule has 5 nitrogen and oxygen atoms in total. The predicted molar refractivity (Wildman–Crippen MR) is 73.6 cm³/mol. The maximum atomic E-state index is 9.81. The molecular weight excluding hydrogens is 260 g/mol. The molecule has 5 heteroatoms. The van der Waals surface area contributed by atoms with Crippen LogP contribution in [0.15, 0.2) is 18.2 Å². The maximum Gasteiger partial charge on any atom is 0.122 e. The number of ether oxygens (including phenoxy) is 1. The highest BCUT2D eigenvalue weighted by Crippen LogP contribution is 2.50. The van der Waals surface area contributed by atoms with Crippen LogP contribution in [-0.4, -0.2) is 54.0 Å². The number of methoxy groups -OCH3 is 1. The average molecular weight is 282 g/mol. The van der Waals surface area contributed by atoms with Crippen molar-refractivity contribution in [1.82, 2.24) is 0 Å². The number of aliphatic hydroxyl groups excluding tert-OH is 4. The van der Waals surface area contributed by atoms with Gasteiger partial charge in [0.05, 0.1) is 33.5 Å². The smallest absolute Gasteiger partial charge is 0.122 e. The highest BCUT2D eigenvalue weighted by atomic mass is 16.5. The van der Waals surface area contributed by atoms with Gasteiger partial charge >= 0.3 is 0 Å². The first kappa shape index (κ1) is 15.3. The highest BCUT2D eigenvalue weighted by Gasteiger charge is 2.53. The van der Waals surface area contributed by atoms with E-state index in [2.05, 4.69) is 0 Å². The van der Waals surface area contributed by atoms with Gasteiger partial charge in [-0.1, -0.05) is 12.1 Å². The molecule has 1 aliphatic carbocycles. The Bertz CT molecular complexity index is 463. The molecule has 1 aliphatic rings. The minimum atomic E-state index is -0.960. The molecule has 0 spiro atoms. The van der Waals surface area contributed by atoms with E-state index in [1.54, 1.807) is 7.11 Å². The number of aliphatic hydroxyl groups is 4. The zero-order valence-corrected chi connectivity index (χ0v) is 11.7. The van der Waals surface area contributed by atoms with Gasteiger partial charge in [0.1, 0.15) is 5.75 Å². The third kappa shape index (κ3) is 2.02. The van der Waals surface area contributed by atoms with E-state index in [0.29, 0.717) is 18.6 Å². The van der Waals surface area contributed by atoms with Crippen LogP contribution >= 0.6 is 0 Å². The van der Waals surface area contributed by atoms with E-state index >= 15 is 0 Å². The lowest BCUT2D eigenvalue weighted by Gasteiger charge is -2.51. The molecule has 0 atom stereocenters. The molecule has 20 heavy (non-hydrogen) atoms. The van der Waals surface area contributed by atoms with Gasteiger partial charge < -0.3 is 25.2 Å². The Morgan fingerprint density at radius 2 is 1.50 bits per heavy atom. The van der Waals surface area contributed by atoms with Gasteiger partial charge in [-0.3, -0.25) is 0 Å². The number of rotatable bonds is 5. The van der Waals surface area contributed by atoms with E-state index in [1.807, 2.05) is 18.2 Å². The Morgan fingerprint density at radius 3 is 2.00 bits per heavy atom. The first-order chi connectivity index (χ1) is 9.61. The lowest BCUT2D eigenvalue weighted by molar-refractivity contribution is -0.119. The summed E-state index contributed by atoms with van der Waals surface area (Å²) in [6, 6.07) is 5.63. The van der Waals surface area contributed by atoms with Crippen molar-refractivity contribution in [2.24, 2.45) is 10.8 Å². The second-order valence-electron chi connectivity index (χ2n) is 5.64. The molecule has 1 aromatic carbocycles. The molecule has 4 N–H and O–H groups in total. The molecule has 0 amide bonds. The number of benzene rings is 1. The van der Waals surface area contributed by atoms with Crippen LogP contribution in [0.5, 0.6) is 5.75 Å². The van der Waals surface area contributed by atoms with Crippen LogP contribution in [0.25, 0.3) is 0 Å². The van der Waals surface area contributed by atoms with Crippen LogP contribution in [0.4, 0.5) is 0 Å². The van der Waals surface area contributed by atoms with Crippen molar-refractivity contribution in [3.8, 4) is 5.75 Å². The van der Waals surface area contributed by atoms with Crippen molar-refractivity contribution in [1.29, 1.82) is 0 Å². The topological polar surface area (TPSA) is 90.2 Å². The van der Waals surface area contributed by atoms with Gasteiger partial charge in [0.25, 0.3) is 0 Å². The van der Waals surface area contributed by atoms with Gasteiger partial charge in [-0.05, 0) is 30.0 Å². The summed E-state index contributed by atoms with van der Waals surface area (Å²) in [5, 5.41) is 39.2. The van der Waals surface area contributed by atoms with Crippen LogP contribution in [0.1, 0.15) is 11.1 Å². The fraction of sp³-hybridized carbons (Fsp3) is 0.600. The fourth-order valence-electron chi connectivity index (χ4n) is 3.24. The molecule has 2 rings (SSSR count). The van der Waals surface area contributed by atoms with Gasteiger partial charge in [-0.15, -0.1) is 0 Å². The van der Waals surface area contributed by atoms with Crippen molar-refractivity contribution in [3.63, 3.8) is 0 Å². The summed E-state index contributed by atoms with van der Waals surface area (Å²) in [4.78, 5) is 0. The van der Waals surface area contributed by atoms with Crippen LogP contribution in [0.3, 0.4) is 0 Å². The standard InChI is InChI=1S/C15H22O5/c1-20-13-4-2-3-11-5-14(7-16,8-17)15(9-18,10-19)6-12(11)13/h2-4,16-19H,5-10H2,1H3. The van der Waals surface area contributed by atoms with Crippen molar-refractivity contribution >= 4 is 0 Å². The molecule has 112 valence electrons. The van der Waals surface area contributed by atoms with Crippen molar-refractivity contribution in [3.05, 3.63) is 29.3 Å². The van der Waals surface area contributed by atoms with E-state index in [0.717, 1.165) is 11.1 Å². The summed E-state index contributed by atoms with van der Waals surface area (Å²) in [6.45, 7) is -1.19. The third-order valence-corrected chi connectivity index (χ3v) is 4.83. The van der Waals surface area contributed by atoms with Crippen LogP contribution < -0.4 is 4.74 Å². The van der Waals surface area contributed by atoms with E-state index in [4.69, 9.17) is 4.74 Å². The van der Waals surface area contributed by atoms with E-state index < -0.39 is 10.8 Å². The Kier molecular flexibility index (Phi) is 4.34. The Morgan fingerprint density at radius 1 is 0.950 bits per heavy atom. The molecule has 0 aliphatic heterocycles. The minimum Gasteiger partial charge on any atom is -0.496 e. The molecule has 0 unspecified atom stereocenters. The SMILES string of the molecule is COc1cccc2c1CC(CO)(CO)C(CO)(CO)C2. The first-order valence-electron chi connectivity index (χ1n) is 6.70. The zero-order valence-electron chi connectivity index (χ0n) is 11.7. The predicted octanol–water partition coefficient (Wildman–Crippen LogP) is -0.264. The second kappa shape index (κ2) is 5.69. The van der Waals surface area contributed by atoms with Crippen LogP contribution in [-0.2, 0) is 12.8 Å². The summed E-state index contributed by atoms with van der Waals surface area (Å²) in [5.41, 5.74) is 0.00849. The lowest BCUT2D eigenvalue weighted by atomic mass is 9.55. The Balaban J connectivity index is 2.58. The van der Waals surface area contributed by atoms with E-state index in [-0.39, 0.29) is 26.4 Å². The molecular formula is C15H22O5. The molecule has 0 fully saturated rings. The number of hydrogen-bond donors (Lipinski definition) is 4. The molecule has 1 aromatic rings. The van der Waals surface area contributed by atoms with Crippen molar-refractivity contribution in [2.45, 2.75) is 12.8 Å². The molecule has 0 bridgehead atoms. The molecule has 0 aromatic heterocycles. The maximum absolute atomic E-state index is 9.81. The monoisotopic (exact) mass is 282 g/mol. The third-order valence-electron chi connectivity index (χ3n) is 4.83. The molecule has 0 radical (unpaired) electrons. The zero-order chi connectivity index (χ0) is 14.8. The van der Waals surface area contributed by atoms with Gasteiger partial charge in [0, 0.05) is 10.8 Å². The summed E-state index contributed by atoms with van der Waals surface area (Å²) >= 11 is 0. The average Bonchev–Trinajstić information content (AvgIpc) is 2.52. The van der Waals surface area contributed by atoms with Crippen molar-refractivity contribution in [2.75, 3.05) is 33.5 Å².